The van der Waals surface area contributed by atoms with Crippen molar-refractivity contribution < 1.29 is 19.1 Å². The number of aromatic nitrogens is 4. The predicted molar refractivity (Wildman–Crippen MR) is 204 cm³/mol. The normalized spacial score (nSPS) is 10.8. The molecular weight excluding hydrogens is 724 g/mol. The van der Waals surface area contributed by atoms with Crippen molar-refractivity contribution in [1.29, 1.82) is 0 Å². The fraction of sp³-hybridized carbons (Fsp3) is 0.122. The molecule has 0 unspecified atom stereocenters. The lowest BCUT2D eigenvalue weighted by molar-refractivity contribution is 0.102. The molecule has 1 N–H and O–H groups in total. The second-order valence-corrected chi connectivity index (χ2v) is 12.9. The summed E-state index contributed by atoms with van der Waals surface area (Å²) in [5.41, 5.74) is 4.20. The molecule has 0 aliphatic heterocycles. The van der Waals surface area contributed by atoms with Crippen LogP contribution in [0.5, 0.6) is 11.5 Å². The Morgan fingerprint density at radius 3 is 1.94 bits per heavy atom. The van der Waals surface area contributed by atoms with Gasteiger partial charge >= 0.3 is 0 Å². The Balaban J connectivity index is 0.000000187. The number of rotatable bonds is 8. The zero-order chi connectivity index (χ0) is 36.9. The van der Waals surface area contributed by atoms with Gasteiger partial charge in [0.15, 0.2) is 11.6 Å². The van der Waals surface area contributed by atoms with Crippen molar-refractivity contribution in [3.63, 3.8) is 0 Å². The first-order valence-electron chi connectivity index (χ1n) is 16.2. The van der Waals surface area contributed by atoms with Crippen molar-refractivity contribution >= 4 is 49.6 Å². The number of carbonyl (C=O) groups is 2. The average Bonchev–Trinajstić information content (AvgIpc) is 3.16. The Labute approximate surface area is 306 Å². The van der Waals surface area contributed by atoms with Crippen LogP contribution in [-0.4, -0.2) is 45.3 Å². The minimum absolute atomic E-state index is 0.102. The average molecular weight is 758 g/mol. The molecule has 10 nitrogen and oxygen atoms in total. The lowest BCUT2D eigenvalue weighted by atomic mass is 10.0. The van der Waals surface area contributed by atoms with Gasteiger partial charge in [-0.25, -0.2) is 9.97 Å². The second kappa shape index (κ2) is 15.4. The van der Waals surface area contributed by atoms with Crippen molar-refractivity contribution in [3.05, 3.63) is 174 Å². The van der Waals surface area contributed by atoms with Crippen LogP contribution in [0.25, 0.3) is 22.1 Å². The Morgan fingerprint density at radius 2 is 1.33 bits per heavy atom. The molecule has 52 heavy (non-hydrogen) atoms. The number of halogens is 1. The highest BCUT2D eigenvalue weighted by molar-refractivity contribution is 9.10. The van der Waals surface area contributed by atoms with Crippen LogP contribution < -0.4 is 20.3 Å². The highest BCUT2D eigenvalue weighted by Gasteiger charge is 2.19. The van der Waals surface area contributed by atoms with Crippen LogP contribution in [0.15, 0.2) is 124 Å². The first kappa shape index (κ1) is 35.6. The van der Waals surface area contributed by atoms with E-state index in [0.717, 1.165) is 21.2 Å². The number of ether oxygens (including phenoxy) is 2. The molecule has 11 heteroatoms. The standard InChI is InChI=1S/C24H19BrN2O3.C17H14N2O3/c1-15-11-17(8-9-21(15)30-2)22(28)20-14-27(13-16-5-3-6-18(25)12-16)24-19(23(20)29)7-4-10-26-24;1-10-8-11(5-6-14(10)22-2)15(20)13-9-19-17-12(16(13)21)4-3-7-18-17/h3-12,14H,13H2,1-2H3;3-9H,1-2H3,(H,18,19,21). The van der Waals surface area contributed by atoms with E-state index in [1.165, 1.54) is 6.20 Å². The number of aryl methyl sites for hydroxylation is 2. The van der Waals surface area contributed by atoms with E-state index >= 15 is 0 Å². The molecule has 0 aliphatic rings. The molecule has 0 fully saturated rings. The molecule has 0 bridgehead atoms. The number of fused-ring (bicyclic) bond motifs is 2. The third-order valence-electron chi connectivity index (χ3n) is 8.53. The van der Waals surface area contributed by atoms with Crippen molar-refractivity contribution in [2.24, 2.45) is 0 Å². The third-order valence-corrected chi connectivity index (χ3v) is 9.02. The minimum Gasteiger partial charge on any atom is -0.496 e. The number of ketones is 2. The van der Waals surface area contributed by atoms with E-state index in [1.54, 1.807) is 93.5 Å². The topological polar surface area (TPSA) is 133 Å². The molecule has 0 aliphatic carbocycles. The molecule has 0 saturated heterocycles. The van der Waals surface area contributed by atoms with E-state index in [2.05, 4.69) is 30.9 Å². The number of benzene rings is 3. The minimum atomic E-state index is -0.322. The predicted octanol–water partition coefficient (Wildman–Crippen LogP) is 7.23. The lowest BCUT2D eigenvalue weighted by Gasteiger charge is -2.13. The quantitative estimate of drug-likeness (QED) is 0.161. The summed E-state index contributed by atoms with van der Waals surface area (Å²) in [7, 11) is 3.16. The summed E-state index contributed by atoms with van der Waals surface area (Å²) in [5, 5.41) is 0.821. The highest BCUT2D eigenvalue weighted by Crippen LogP contribution is 2.22. The van der Waals surface area contributed by atoms with Gasteiger partial charge < -0.3 is 19.0 Å². The molecule has 0 radical (unpaired) electrons. The Morgan fingerprint density at radius 1 is 0.731 bits per heavy atom. The molecule has 4 heterocycles. The SMILES string of the molecule is COc1ccc(C(=O)c2c[nH]c3ncccc3c2=O)cc1C.COc1ccc(C(=O)c2cn(Cc3cccc(Br)c3)c3ncccc3c2=O)cc1C. The number of hydrogen-bond acceptors (Lipinski definition) is 8. The van der Waals surface area contributed by atoms with Gasteiger partial charge in [0.25, 0.3) is 0 Å². The van der Waals surface area contributed by atoms with Gasteiger partial charge in [-0.1, -0.05) is 28.1 Å². The van der Waals surface area contributed by atoms with Crippen LogP contribution in [0.2, 0.25) is 0 Å². The Kier molecular flexibility index (Phi) is 10.5. The van der Waals surface area contributed by atoms with Crippen LogP contribution >= 0.6 is 15.9 Å². The van der Waals surface area contributed by atoms with Gasteiger partial charge in [-0.3, -0.25) is 19.2 Å². The number of aromatic amines is 1. The number of nitrogens with zero attached hydrogens (tertiary/aromatic N) is 3. The molecule has 0 atom stereocenters. The van der Waals surface area contributed by atoms with Gasteiger partial charge in [-0.2, -0.15) is 0 Å². The zero-order valence-corrected chi connectivity index (χ0v) is 30.4. The Hall–Kier alpha value is -6.20. The maximum absolute atomic E-state index is 13.2. The summed E-state index contributed by atoms with van der Waals surface area (Å²) in [6.45, 7) is 4.20. The third kappa shape index (κ3) is 7.31. The summed E-state index contributed by atoms with van der Waals surface area (Å²) in [5.74, 6) is 0.756. The van der Waals surface area contributed by atoms with E-state index in [9.17, 15) is 19.2 Å². The van der Waals surface area contributed by atoms with Crippen molar-refractivity contribution in [3.8, 4) is 11.5 Å². The molecule has 0 amide bonds. The van der Waals surface area contributed by atoms with Crippen LogP contribution in [0, 0.1) is 13.8 Å². The first-order chi connectivity index (χ1) is 25.1. The highest BCUT2D eigenvalue weighted by atomic mass is 79.9. The molecule has 7 rings (SSSR count). The van der Waals surface area contributed by atoms with Gasteiger partial charge in [0, 0.05) is 46.9 Å². The van der Waals surface area contributed by atoms with E-state index in [4.69, 9.17) is 9.47 Å². The Bertz CT molecular complexity index is 2610. The van der Waals surface area contributed by atoms with Crippen LogP contribution in [0.1, 0.15) is 48.5 Å². The van der Waals surface area contributed by atoms with E-state index in [1.807, 2.05) is 42.7 Å². The van der Waals surface area contributed by atoms with Gasteiger partial charge in [0.05, 0.1) is 36.1 Å². The molecule has 4 aromatic heterocycles. The number of pyridine rings is 4. The van der Waals surface area contributed by atoms with Crippen LogP contribution in [-0.2, 0) is 6.54 Å². The molecule has 0 saturated carbocycles. The van der Waals surface area contributed by atoms with Crippen molar-refractivity contribution in [2.45, 2.75) is 20.4 Å². The summed E-state index contributed by atoms with van der Waals surface area (Å²) in [6.07, 6.45) is 6.26. The first-order valence-corrected chi connectivity index (χ1v) is 17.0. The van der Waals surface area contributed by atoms with E-state index < -0.39 is 0 Å². The van der Waals surface area contributed by atoms with Crippen molar-refractivity contribution in [1.82, 2.24) is 19.5 Å². The van der Waals surface area contributed by atoms with Gasteiger partial charge in [0.1, 0.15) is 22.8 Å². The smallest absolute Gasteiger partial charge is 0.202 e. The fourth-order valence-electron chi connectivity index (χ4n) is 5.91. The monoisotopic (exact) mass is 756 g/mol. The molecule has 3 aromatic carbocycles. The molecule has 7 aromatic rings. The largest absolute Gasteiger partial charge is 0.496 e. The maximum Gasteiger partial charge on any atom is 0.202 e. The number of nitrogens with one attached hydrogen (secondary N) is 1. The number of hydrogen-bond donors (Lipinski definition) is 1. The molecule has 260 valence electrons. The summed E-state index contributed by atoms with van der Waals surface area (Å²) >= 11 is 3.48. The zero-order valence-electron chi connectivity index (χ0n) is 28.8. The van der Waals surface area contributed by atoms with E-state index in [0.29, 0.717) is 51.2 Å². The number of methoxy groups -OCH3 is 2. The van der Waals surface area contributed by atoms with Gasteiger partial charge in [-0.15, -0.1) is 0 Å². The molecular formula is C41H33BrN4O6. The lowest BCUT2D eigenvalue weighted by Crippen LogP contribution is -2.21. The number of H-pyrrole nitrogens is 1. The van der Waals surface area contributed by atoms with Crippen LogP contribution in [0.4, 0.5) is 0 Å². The fourth-order valence-corrected chi connectivity index (χ4v) is 6.36. The van der Waals surface area contributed by atoms with Crippen LogP contribution in [0.3, 0.4) is 0 Å². The molecule has 0 spiro atoms. The van der Waals surface area contributed by atoms with Gasteiger partial charge in [-0.05, 0) is 103 Å². The summed E-state index contributed by atoms with van der Waals surface area (Å²) in [6, 6.07) is 24.9. The summed E-state index contributed by atoms with van der Waals surface area (Å²) < 4.78 is 13.3. The number of carbonyl (C=O) groups excluding carboxylic acids is 2. The van der Waals surface area contributed by atoms with Gasteiger partial charge in [0.2, 0.25) is 10.9 Å². The van der Waals surface area contributed by atoms with E-state index in [-0.39, 0.29) is 33.6 Å². The van der Waals surface area contributed by atoms with Crippen molar-refractivity contribution in [2.75, 3.05) is 14.2 Å². The summed E-state index contributed by atoms with van der Waals surface area (Å²) in [4.78, 5) is 62.7. The second-order valence-electron chi connectivity index (χ2n) is 12.0. The maximum atomic E-state index is 13.2.